The van der Waals surface area contributed by atoms with E-state index in [1.54, 1.807) is 0 Å². The highest BCUT2D eigenvalue weighted by Gasteiger charge is 2.50. The standard InChI is InChI=1S/C17H24O/c1-3-12(2)14-5-8-15(9-6-14)17(18)11-13-4-7-16(17)10-13/h5-6,8-9,12-13,16,18H,3-4,7,10-11H2,1-2H3. The number of fused-ring (bicyclic) bond motifs is 2. The smallest absolute Gasteiger partial charge is 0.0927 e. The number of hydrogen-bond donors (Lipinski definition) is 1. The van der Waals surface area contributed by atoms with Crippen LogP contribution in [-0.2, 0) is 5.60 Å². The van der Waals surface area contributed by atoms with Crippen LogP contribution in [-0.4, -0.2) is 5.11 Å². The first-order valence-corrected chi connectivity index (χ1v) is 7.46. The maximum Gasteiger partial charge on any atom is 0.0927 e. The summed E-state index contributed by atoms with van der Waals surface area (Å²) >= 11 is 0. The minimum atomic E-state index is -0.517. The van der Waals surface area contributed by atoms with Gasteiger partial charge >= 0.3 is 0 Å². The molecule has 98 valence electrons. The van der Waals surface area contributed by atoms with E-state index in [4.69, 9.17) is 0 Å². The van der Waals surface area contributed by atoms with Crippen molar-refractivity contribution in [2.24, 2.45) is 11.8 Å². The quantitative estimate of drug-likeness (QED) is 0.844. The fourth-order valence-corrected chi connectivity index (χ4v) is 3.99. The zero-order valence-electron chi connectivity index (χ0n) is 11.5. The molecule has 0 spiro atoms. The van der Waals surface area contributed by atoms with Crippen LogP contribution in [0.1, 0.15) is 63.0 Å². The van der Waals surface area contributed by atoms with Crippen molar-refractivity contribution < 1.29 is 5.11 Å². The van der Waals surface area contributed by atoms with E-state index in [0.717, 1.165) is 17.9 Å². The molecule has 2 aliphatic rings. The van der Waals surface area contributed by atoms with E-state index in [1.807, 2.05) is 0 Å². The van der Waals surface area contributed by atoms with Crippen LogP contribution in [0.2, 0.25) is 0 Å². The van der Waals surface area contributed by atoms with E-state index in [0.29, 0.717) is 11.8 Å². The van der Waals surface area contributed by atoms with Crippen molar-refractivity contribution in [2.75, 3.05) is 0 Å². The van der Waals surface area contributed by atoms with E-state index in [9.17, 15) is 5.11 Å². The molecule has 1 aromatic rings. The molecule has 0 saturated heterocycles. The Labute approximate surface area is 110 Å². The number of rotatable bonds is 3. The van der Waals surface area contributed by atoms with Gasteiger partial charge in [-0.1, -0.05) is 38.1 Å². The zero-order chi connectivity index (χ0) is 12.8. The van der Waals surface area contributed by atoms with Crippen molar-refractivity contribution in [3.63, 3.8) is 0 Å². The lowest BCUT2D eigenvalue weighted by Crippen LogP contribution is -2.32. The van der Waals surface area contributed by atoms with Crippen molar-refractivity contribution in [2.45, 2.75) is 57.5 Å². The Hall–Kier alpha value is -0.820. The molecule has 2 fully saturated rings. The maximum atomic E-state index is 10.9. The minimum absolute atomic E-state index is 0.511. The summed E-state index contributed by atoms with van der Waals surface area (Å²) in [6, 6.07) is 8.77. The first-order valence-electron chi connectivity index (χ1n) is 7.46. The van der Waals surface area contributed by atoms with Gasteiger partial charge in [-0.05, 0) is 61.0 Å². The van der Waals surface area contributed by atoms with E-state index < -0.39 is 5.60 Å². The van der Waals surface area contributed by atoms with Gasteiger partial charge < -0.3 is 5.11 Å². The third-order valence-electron chi connectivity index (χ3n) is 5.41. The number of hydrogen-bond acceptors (Lipinski definition) is 1. The summed E-state index contributed by atoms with van der Waals surface area (Å²) in [6.45, 7) is 4.49. The lowest BCUT2D eigenvalue weighted by molar-refractivity contribution is -0.0182. The van der Waals surface area contributed by atoms with E-state index in [2.05, 4.69) is 38.1 Å². The Morgan fingerprint density at radius 3 is 2.50 bits per heavy atom. The zero-order valence-corrected chi connectivity index (χ0v) is 11.5. The Kier molecular flexibility index (Phi) is 2.97. The predicted molar refractivity (Wildman–Crippen MR) is 74.5 cm³/mol. The minimum Gasteiger partial charge on any atom is -0.385 e. The maximum absolute atomic E-state index is 10.9. The summed E-state index contributed by atoms with van der Waals surface area (Å²) < 4.78 is 0. The van der Waals surface area contributed by atoms with Gasteiger partial charge in [-0.15, -0.1) is 0 Å². The second kappa shape index (κ2) is 4.38. The predicted octanol–water partition coefficient (Wildman–Crippen LogP) is 4.21. The van der Waals surface area contributed by atoms with Gasteiger partial charge in [0.05, 0.1) is 5.60 Å². The SMILES string of the molecule is CCC(C)c1ccc(C2(O)CC3CCC2C3)cc1. The number of aliphatic hydroxyl groups is 1. The summed E-state index contributed by atoms with van der Waals surface area (Å²) in [5.74, 6) is 1.90. The van der Waals surface area contributed by atoms with Crippen molar-refractivity contribution in [3.05, 3.63) is 35.4 Å². The molecule has 1 nitrogen and oxygen atoms in total. The first kappa shape index (κ1) is 12.2. The van der Waals surface area contributed by atoms with Crippen molar-refractivity contribution in [3.8, 4) is 0 Å². The van der Waals surface area contributed by atoms with Crippen molar-refractivity contribution in [1.29, 1.82) is 0 Å². The molecule has 2 bridgehead atoms. The van der Waals surface area contributed by atoms with E-state index in [-0.39, 0.29) is 0 Å². The molecule has 2 saturated carbocycles. The molecular formula is C17H24O. The highest BCUT2D eigenvalue weighted by atomic mass is 16.3. The third-order valence-corrected chi connectivity index (χ3v) is 5.41. The van der Waals surface area contributed by atoms with Gasteiger partial charge in [-0.2, -0.15) is 0 Å². The molecule has 0 amide bonds. The molecule has 1 N–H and O–H groups in total. The Morgan fingerprint density at radius 1 is 1.28 bits per heavy atom. The van der Waals surface area contributed by atoms with Gasteiger partial charge in [0.15, 0.2) is 0 Å². The van der Waals surface area contributed by atoms with Crippen LogP contribution in [0.5, 0.6) is 0 Å². The van der Waals surface area contributed by atoms with Crippen LogP contribution in [0.25, 0.3) is 0 Å². The molecule has 18 heavy (non-hydrogen) atoms. The van der Waals surface area contributed by atoms with Crippen molar-refractivity contribution >= 4 is 0 Å². The Balaban J connectivity index is 1.85. The average molecular weight is 244 g/mol. The van der Waals surface area contributed by atoms with Crippen LogP contribution >= 0.6 is 0 Å². The van der Waals surface area contributed by atoms with Gasteiger partial charge in [-0.25, -0.2) is 0 Å². The molecule has 3 rings (SSSR count). The van der Waals surface area contributed by atoms with Gasteiger partial charge in [0, 0.05) is 0 Å². The normalized spacial score (nSPS) is 35.9. The summed E-state index contributed by atoms with van der Waals surface area (Å²) in [5.41, 5.74) is 2.03. The molecule has 0 radical (unpaired) electrons. The third kappa shape index (κ3) is 1.80. The van der Waals surface area contributed by atoms with Gasteiger partial charge in [-0.3, -0.25) is 0 Å². The summed E-state index contributed by atoms with van der Waals surface area (Å²) in [6.07, 6.45) is 5.95. The fraction of sp³-hybridized carbons (Fsp3) is 0.647. The first-order chi connectivity index (χ1) is 8.63. The lowest BCUT2D eigenvalue weighted by atomic mass is 9.78. The van der Waals surface area contributed by atoms with Gasteiger partial charge in [0.2, 0.25) is 0 Å². The fourth-order valence-electron chi connectivity index (χ4n) is 3.99. The van der Waals surface area contributed by atoms with Crippen LogP contribution in [0.15, 0.2) is 24.3 Å². The second-order valence-electron chi connectivity index (χ2n) is 6.44. The van der Waals surface area contributed by atoms with E-state index in [1.165, 1.54) is 31.2 Å². The molecule has 4 atom stereocenters. The Bertz CT molecular complexity index is 422. The summed E-state index contributed by atoms with van der Waals surface area (Å²) in [5, 5.41) is 10.9. The molecule has 0 aromatic heterocycles. The molecule has 1 aromatic carbocycles. The molecule has 1 heteroatoms. The van der Waals surface area contributed by atoms with Crippen LogP contribution in [0, 0.1) is 11.8 Å². The van der Waals surface area contributed by atoms with Crippen LogP contribution in [0.3, 0.4) is 0 Å². The average Bonchev–Trinajstić information content (AvgIpc) is 2.98. The Morgan fingerprint density at radius 2 is 2.00 bits per heavy atom. The highest BCUT2D eigenvalue weighted by Crippen LogP contribution is 2.55. The summed E-state index contributed by atoms with van der Waals surface area (Å²) in [4.78, 5) is 0. The molecular weight excluding hydrogens is 220 g/mol. The van der Waals surface area contributed by atoms with Crippen molar-refractivity contribution in [1.82, 2.24) is 0 Å². The highest BCUT2D eigenvalue weighted by molar-refractivity contribution is 5.31. The van der Waals surface area contributed by atoms with Crippen LogP contribution < -0.4 is 0 Å². The largest absolute Gasteiger partial charge is 0.385 e. The molecule has 4 unspecified atom stereocenters. The molecule has 0 aliphatic heterocycles. The van der Waals surface area contributed by atoms with Crippen LogP contribution in [0.4, 0.5) is 0 Å². The second-order valence-corrected chi connectivity index (χ2v) is 6.44. The van der Waals surface area contributed by atoms with E-state index >= 15 is 0 Å². The molecule has 2 aliphatic carbocycles. The topological polar surface area (TPSA) is 20.2 Å². The lowest BCUT2D eigenvalue weighted by Gasteiger charge is -2.33. The van der Waals surface area contributed by atoms with Gasteiger partial charge in [0.25, 0.3) is 0 Å². The summed E-state index contributed by atoms with van der Waals surface area (Å²) in [7, 11) is 0. The number of benzene rings is 1. The monoisotopic (exact) mass is 244 g/mol. The van der Waals surface area contributed by atoms with Gasteiger partial charge in [0.1, 0.15) is 0 Å². The molecule has 0 heterocycles.